The van der Waals surface area contributed by atoms with Gasteiger partial charge in [-0.05, 0) is 0 Å². The van der Waals surface area contributed by atoms with Crippen molar-refractivity contribution < 1.29 is 0 Å². The molecule has 14 heavy (non-hydrogen) atoms. The fourth-order valence-corrected chi connectivity index (χ4v) is 1.18. The van der Waals surface area contributed by atoms with Gasteiger partial charge in [0, 0.05) is 18.5 Å². The van der Waals surface area contributed by atoms with E-state index in [2.05, 4.69) is 15.0 Å². The molecule has 0 aliphatic heterocycles. The van der Waals surface area contributed by atoms with Crippen LogP contribution < -0.4 is 11.3 Å². The first-order valence-corrected chi connectivity index (χ1v) is 4.08. The molecule has 72 valence electrons. The smallest absolute Gasteiger partial charge is 0.252 e. The molecule has 0 aromatic carbocycles. The van der Waals surface area contributed by atoms with Crippen molar-refractivity contribution in [1.82, 2.24) is 19.5 Å². The van der Waals surface area contributed by atoms with Crippen molar-refractivity contribution in [2.75, 3.05) is 0 Å². The van der Waals surface area contributed by atoms with E-state index in [0.29, 0.717) is 18.2 Å². The molecular weight excluding hydrogens is 182 g/mol. The minimum atomic E-state index is -0.202. The molecule has 2 heterocycles. The summed E-state index contributed by atoms with van der Waals surface area (Å²) in [4.78, 5) is 21.5. The lowest BCUT2D eigenvalue weighted by molar-refractivity contribution is 0.840. The summed E-state index contributed by atoms with van der Waals surface area (Å²) in [6, 6.07) is 1.39. The van der Waals surface area contributed by atoms with Crippen LogP contribution >= 0.6 is 0 Å². The van der Waals surface area contributed by atoms with Gasteiger partial charge in [-0.15, -0.1) is 0 Å². The van der Waals surface area contributed by atoms with Gasteiger partial charge in [-0.2, -0.15) is 0 Å². The third-order valence-electron chi connectivity index (χ3n) is 1.81. The van der Waals surface area contributed by atoms with Crippen LogP contribution in [0.25, 0.3) is 5.82 Å². The molecule has 0 spiro atoms. The number of aromatic nitrogens is 4. The molecule has 0 fully saturated rings. The molecule has 2 aromatic rings. The molecule has 0 amide bonds. The number of aromatic amines is 1. The number of nitrogens with two attached hydrogens (primary N) is 1. The molecular formula is C8H9N5O. The first-order chi connectivity index (χ1) is 6.81. The van der Waals surface area contributed by atoms with Gasteiger partial charge >= 0.3 is 0 Å². The maximum absolute atomic E-state index is 11.0. The van der Waals surface area contributed by atoms with E-state index in [4.69, 9.17) is 5.73 Å². The number of nitrogens with zero attached hydrogens (tertiary/aromatic N) is 3. The van der Waals surface area contributed by atoms with E-state index in [0.717, 1.165) is 0 Å². The van der Waals surface area contributed by atoms with E-state index in [1.165, 1.54) is 12.4 Å². The Kier molecular flexibility index (Phi) is 2.11. The summed E-state index contributed by atoms with van der Waals surface area (Å²) >= 11 is 0. The Morgan fingerprint density at radius 3 is 3.07 bits per heavy atom. The lowest BCUT2D eigenvalue weighted by Gasteiger charge is -2.03. The second-order valence-electron chi connectivity index (χ2n) is 2.69. The molecule has 0 radical (unpaired) electrons. The van der Waals surface area contributed by atoms with Crippen molar-refractivity contribution >= 4 is 0 Å². The highest BCUT2D eigenvalue weighted by Crippen LogP contribution is 2.03. The topological polar surface area (TPSA) is 89.6 Å². The van der Waals surface area contributed by atoms with Crippen LogP contribution in [0.5, 0.6) is 0 Å². The number of rotatable bonds is 2. The first kappa shape index (κ1) is 8.64. The van der Waals surface area contributed by atoms with Crippen molar-refractivity contribution in [2.24, 2.45) is 5.73 Å². The summed E-state index contributed by atoms with van der Waals surface area (Å²) < 4.78 is 1.68. The van der Waals surface area contributed by atoms with E-state index in [9.17, 15) is 4.79 Å². The Labute approximate surface area is 79.4 Å². The van der Waals surface area contributed by atoms with Crippen molar-refractivity contribution in [3.8, 4) is 5.82 Å². The van der Waals surface area contributed by atoms with Crippen molar-refractivity contribution in [3.05, 3.63) is 41.0 Å². The van der Waals surface area contributed by atoms with Gasteiger partial charge < -0.3 is 10.7 Å². The number of imidazole rings is 1. The fraction of sp³-hybridized carbons (Fsp3) is 0.125. The maximum Gasteiger partial charge on any atom is 0.252 e. The second kappa shape index (κ2) is 3.43. The van der Waals surface area contributed by atoms with Crippen molar-refractivity contribution in [1.29, 1.82) is 0 Å². The van der Waals surface area contributed by atoms with Crippen LogP contribution in [0, 0.1) is 0 Å². The summed E-state index contributed by atoms with van der Waals surface area (Å²) in [7, 11) is 0. The summed E-state index contributed by atoms with van der Waals surface area (Å²) in [6.07, 6.45) is 4.67. The van der Waals surface area contributed by atoms with Gasteiger partial charge in [0.15, 0.2) is 0 Å². The molecule has 0 atom stereocenters. The van der Waals surface area contributed by atoms with Crippen LogP contribution in [-0.4, -0.2) is 19.5 Å². The predicted molar refractivity (Wildman–Crippen MR) is 49.9 cm³/mol. The lowest BCUT2D eigenvalue weighted by Crippen LogP contribution is -2.12. The average molecular weight is 191 g/mol. The van der Waals surface area contributed by atoms with Crippen LogP contribution in [-0.2, 0) is 6.54 Å². The van der Waals surface area contributed by atoms with Gasteiger partial charge in [-0.1, -0.05) is 0 Å². The Morgan fingerprint density at radius 2 is 2.36 bits per heavy atom. The lowest BCUT2D eigenvalue weighted by atomic mass is 10.5. The monoisotopic (exact) mass is 191 g/mol. The van der Waals surface area contributed by atoms with Crippen LogP contribution in [0.3, 0.4) is 0 Å². The minimum absolute atomic E-state index is 0.202. The van der Waals surface area contributed by atoms with E-state index < -0.39 is 0 Å². The third-order valence-corrected chi connectivity index (χ3v) is 1.81. The summed E-state index contributed by atoms with van der Waals surface area (Å²) in [5, 5.41) is 0. The molecule has 0 unspecified atom stereocenters. The molecule has 3 N–H and O–H groups in total. The molecule has 6 nitrogen and oxygen atoms in total. The Hall–Kier alpha value is -1.95. The molecule has 6 heteroatoms. The van der Waals surface area contributed by atoms with E-state index in [1.807, 2.05) is 0 Å². The van der Waals surface area contributed by atoms with Gasteiger partial charge in [0.1, 0.15) is 11.6 Å². The van der Waals surface area contributed by atoms with Crippen molar-refractivity contribution in [3.63, 3.8) is 0 Å². The van der Waals surface area contributed by atoms with Gasteiger partial charge in [-0.3, -0.25) is 9.36 Å². The molecule has 2 aromatic heterocycles. The normalized spacial score (nSPS) is 10.4. The highest BCUT2D eigenvalue weighted by atomic mass is 16.1. The number of nitrogens with one attached hydrogen (secondary N) is 1. The van der Waals surface area contributed by atoms with Crippen LogP contribution in [0.2, 0.25) is 0 Å². The zero-order valence-electron chi connectivity index (χ0n) is 7.34. The van der Waals surface area contributed by atoms with E-state index in [1.54, 1.807) is 17.0 Å². The Bertz CT molecular complexity index is 486. The number of hydrogen-bond acceptors (Lipinski definition) is 4. The molecule has 0 saturated carbocycles. The quantitative estimate of drug-likeness (QED) is 0.664. The molecule has 0 bridgehead atoms. The molecule has 0 aliphatic carbocycles. The van der Waals surface area contributed by atoms with E-state index >= 15 is 0 Å². The van der Waals surface area contributed by atoms with Gasteiger partial charge in [-0.25, -0.2) is 9.97 Å². The number of hydrogen-bond donors (Lipinski definition) is 2. The standard InChI is InChI=1S/C8H9N5O/c9-4-7-10-1-2-13(7)6-3-8(14)12-5-11-6/h1-3,5H,4,9H2,(H,11,12,14). The Morgan fingerprint density at radius 1 is 1.50 bits per heavy atom. The van der Waals surface area contributed by atoms with Gasteiger partial charge in [0.25, 0.3) is 5.56 Å². The molecule has 0 saturated heterocycles. The minimum Gasteiger partial charge on any atom is -0.324 e. The summed E-state index contributed by atoms with van der Waals surface area (Å²) in [6.45, 7) is 0.307. The zero-order chi connectivity index (χ0) is 9.97. The predicted octanol–water partition coefficient (Wildman–Crippen LogP) is -0.586. The van der Waals surface area contributed by atoms with E-state index in [-0.39, 0.29) is 5.56 Å². The second-order valence-corrected chi connectivity index (χ2v) is 2.69. The van der Waals surface area contributed by atoms with Crippen molar-refractivity contribution in [2.45, 2.75) is 6.54 Å². The van der Waals surface area contributed by atoms with Crippen LogP contribution in [0.15, 0.2) is 29.6 Å². The van der Waals surface area contributed by atoms with Gasteiger partial charge in [0.2, 0.25) is 0 Å². The largest absolute Gasteiger partial charge is 0.324 e. The highest BCUT2D eigenvalue weighted by Gasteiger charge is 2.03. The molecule has 2 rings (SSSR count). The SMILES string of the molecule is NCc1nccn1-c1cc(=O)[nH]cn1. The number of H-pyrrole nitrogens is 1. The first-order valence-electron chi connectivity index (χ1n) is 4.08. The maximum atomic E-state index is 11.0. The summed E-state index contributed by atoms with van der Waals surface area (Å²) in [5.41, 5.74) is 5.27. The molecule has 0 aliphatic rings. The average Bonchev–Trinajstić information content (AvgIpc) is 2.65. The zero-order valence-corrected chi connectivity index (χ0v) is 7.34. The Balaban J connectivity index is 2.54. The van der Waals surface area contributed by atoms with Gasteiger partial charge in [0.05, 0.1) is 12.9 Å². The summed E-state index contributed by atoms with van der Waals surface area (Å²) in [5.74, 6) is 1.19. The third kappa shape index (κ3) is 1.42. The fourth-order valence-electron chi connectivity index (χ4n) is 1.18. The highest BCUT2D eigenvalue weighted by molar-refractivity contribution is 5.21. The van der Waals surface area contributed by atoms with Crippen LogP contribution in [0.4, 0.5) is 0 Å². The van der Waals surface area contributed by atoms with Crippen LogP contribution in [0.1, 0.15) is 5.82 Å².